The molecule has 0 aromatic carbocycles. The van der Waals surface area contributed by atoms with Gasteiger partial charge < -0.3 is 4.74 Å². The third-order valence-electron chi connectivity index (χ3n) is 4.16. The third kappa shape index (κ3) is 1.13. The molecule has 6 heteroatoms. The van der Waals surface area contributed by atoms with Crippen LogP contribution in [0.1, 0.15) is 12.8 Å². The maximum atomic E-state index is 13.2. The van der Waals surface area contributed by atoms with Crippen LogP contribution in [0, 0.1) is 23.2 Å². The summed E-state index contributed by atoms with van der Waals surface area (Å²) in [6, 6.07) is 0. The second kappa shape index (κ2) is 2.91. The number of ether oxygens (including phenoxy) is 1. The van der Waals surface area contributed by atoms with E-state index in [1.807, 2.05) is 0 Å². The molecular formula is C11H9F3O3. The van der Waals surface area contributed by atoms with Gasteiger partial charge in [-0.2, -0.15) is 13.2 Å². The predicted molar refractivity (Wildman–Crippen MR) is 48.4 cm³/mol. The van der Waals surface area contributed by atoms with Crippen molar-refractivity contribution >= 4 is 11.9 Å². The second-order valence-electron chi connectivity index (χ2n) is 4.84. The minimum Gasteiger partial charge on any atom is -0.393 e. The summed E-state index contributed by atoms with van der Waals surface area (Å²) in [7, 11) is 0. The van der Waals surface area contributed by atoms with Crippen LogP contribution in [0.3, 0.4) is 0 Å². The number of carbonyl (C=O) groups excluding carboxylic acids is 2. The Morgan fingerprint density at radius 1 is 1.29 bits per heavy atom. The summed E-state index contributed by atoms with van der Waals surface area (Å²) in [4.78, 5) is 22.9. The first-order chi connectivity index (χ1) is 7.87. The summed E-state index contributed by atoms with van der Waals surface area (Å²) in [6.45, 7) is 0. The standard InChI is InChI=1S/C11H9F3O3/c12-11(13,14)10-3-1-5(2-4-10)6-7(10)9(16)17-8(6)15/h1,3,5-7H,2,4H2. The van der Waals surface area contributed by atoms with E-state index < -0.39 is 35.4 Å². The fourth-order valence-electron chi connectivity index (χ4n) is 3.32. The topological polar surface area (TPSA) is 43.4 Å². The molecule has 0 spiro atoms. The highest BCUT2D eigenvalue weighted by atomic mass is 19.4. The average molecular weight is 246 g/mol. The molecule has 4 rings (SSSR count). The van der Waals surface area contributed by atoms with E-state index >= 15 is 0 Å². The molecule has 17 heavy (non-hydrogen) atoms. The van der Waals surface area contributed by atoms with Gasteiger partial charge in [-0.15, -0.1) is 0 Å². The molecular weight excluding hydrogens is 237 g/mol. The molecule has 3 nitrogen and oxygen atoms in total. The van der Waals surface area contributed by atoms with Crippen molar-refractivity contribution in [3.05, 3.63) is 12.2 Å². The second-order valence-corrected chi connectivity index (χ2v) is 4.84. The van der Waals surface area contributed by atoms with Crippen LogP contribution in [-0.4, -0.2) is 18.1 Å². The Morgan fingerprint density at radius 3 is 2.53 bits per heavy atom. The van der Waals surface area contributed by atoms with Gasteiger partial charge in [0.1, 0.15) is 0 Å². The maximum absolute atomic E-state index is 13.2. The first-order valence-electron chi connectivity index (χ1n) is 5.38. The van der Waals surface area contributed by atoms with E-state index in [-0.39, 0.29) is 18.8 Å². The van der Waals surface area contributed by atoms with E-state index in [4.69, 9.17) is 0 Å². The fourth-order valence-corrected chi connectivity index (χ4v) is 3.32. The summed E-state index contributed by atoms with van der Waals surface area (Å²) in [6.07, 6.45) is -1.91. The largest absolute Gasteiger partial charge is 0.398 e. The Morgan fingerprint density at radius 2 is 2.00 bits per heavy atom. The number of fused-ring (bicyclic) bond motifs is 1. The van der Waals surface area contributed by atoms with Gasteiger partial charge in [-0.3, -0.25) is 9.59 Å². The van der Waals surface area contributed by atoms with Crippen molar-refractivity contribution in [2.45, 2.75) is 19.0 Å². The van der Waals surface area contributed by atoms with Gasteiger partial charge in [0.05, 0.1) is 17.3 Å². The average Bonchev–Trinajstić information content (AvgIpc) is 2.57. The molecule has 2 fully saturated rings. The van der Waals surface area contributed by atoms with E-state index in [0.29, 0.717) is 0 Å². The highest BCUT2D eigenvalue weighted by Crippen LogP contribution is 2.62. The molecule has 4 atom stereocenters. The number of esters is 2. The van der Waals surface area contributed by atoms with Gasteiger partial charge in [0.25, 0.3) is 0 Å². The van der Waals surface area contributed by atoms with Crippen LogP contribution in [0.4, 0.5) is 13.2 Å². The van der Waals surface area contributed by atoms with Crippen molar-refractivity contribution in [1.29, 1.82) is 0 Å². The van der Waals surface area contributed by atoms with E-state index in [2.05, 4.69) is 4.74 Å². The zero-order valence-electron chi connectivity index (χ0n) is 8.66. The lowest BCUT2D eigenvalue weighted by molar-refractivity contribution is -0.240. The van der Waals surface area contributed by atoms with E-state index in [9.17, 15) is 22.8 Å². The molecule has 3 aliphatic carbocycles. The van der Waals surface area contributed by atoms with Gasteiger partial charge in [0.15, 0.2) is 0 Å². The lowest BCUT2D eigenvalue weighted by Gasteiger charge is -2.47. The minimum absolute atomic E-state index is 0.138. The van der Waals surface area contributed by atoms with Gasteiger partial charge in [0, 0.05) is 0 Å². The molecule has 4 unspecified atom stereocenters. The van der Waals surface area contributed by atoms with E-state index in [1.165, 1.54) is 6.08 Å². The first-order valence-corrected chi connectivity index (χ1v) is 5.38. The van der Waals surface area contributed by atoms with Crippen LogP contribution >= 0.6 is 0 Å². The number of allylic oxidation sites excluding steroid dienone is 2. The SMILES string of the molecule is O=C1OC(=O)C2C1C1C=CC2(C(F)(F)F)CC1. The van der Waals surface area contributed by atoms with Crippen molar-refractivity contribution in [2.24, 2.45) is 23.2 Å². The molecule has 1 saturated heterocycles. The van der Waals surface area contributed by atoms with Crippen molar-refractivity contribution < 1.29 is 27.5 Å². The summed E-state index contributed by atoms with van der Waals surface area (Å²) >= 11 is 0. The Bertz CT molecular complexity index is 440. The molecule has 1 heterocycles. The summed E-state index contributed by atoms with van der Waals surface area (Å²) < 4.78 is 44.0. The van der Waals surface area contributed by atoms with Crippen LogP contribution < -0.4 is 0 Å². The Balaban J connectivity index is 2.16. The molecule has 0 aromatic heterocycles. The molecule has 0 amide bonds. The first kappa shape index (κ1) is 10.8. The Labute approximate surface area is 94.6 Å². The van der Waals surface area contributed by atoms with Gasteiger partial charge in [0.2, 0.25) is 0 Å². The van der Waals surface area contributed by atoms with Crippen LogP contribution in [-0.2, 0) is 14.3 Å². The maximum Gasteiger partial charge on any atom is 0.398 e. The summed E-state index contributed by atoms with van der Waals surface area (Å²) in [5.41, 5.74) is -2.20. The number of alkyl halides is 3. The van der Waals surface area contributed by atoms with Crippen molar-refractivity contribution in [1.82, 2.24) is 0 Å². The molecule has 4 aliphatic rings. The number of hydrogen-bond acceptors (Lipinski definition) is 3. The normalized spacial score (nSPS) is 43.8. The Kier molecular flexibility index (Phi) is 1.85. The number of rotatable bonds is 0. The number of carbonyl (C=O) groups is 2. The number of hydrogen-bond donors (Lipinski definition) is 0. The molecule has 92 valence electrons. The highest BCUT2D eigenvalue weighted by Gasteiger charge is 2.70. The highest BCUT2D eigenvalue weighted by molar-refractivity contribution is 5.98. The number of halogens is 3. The Hall–Kier alpha value is -1.33. The smallest absolute Gasteiger partial charge is 0.393 e. The van der Waals surface area contributed by atoms with Crippen LogP contribution in [0.5, 0.6) is 0 Å². The van der Waals surface area contributed by atoms with Gasteiger partial charge in [-0.05, 0) is 18.8 Å². The third-order valence-corrected chi connectivity index (χ3v) is 4.16. The molecule has 1 aliphatic heterocycles. The lowest BCUT2D eigenvalue weighted by Crippen LogP contribution is -2.54. The molecule has 1 saturated carbocycles. The van der Waals surface area contributed by atoms with Gasteiger partial charge in [-0.25, -0.2) is 0 Å². The summed E-state index contributed by atoms with van der Waals surface area (Å²) in [5.74, 6) is -4.43. The van der Waals surface area contributed by atoms with E-state index in [0.717, 1.165) is 6.08 Å². The van der Waals surface area contributed by atoms with Crippen LogP contribution in [0.15, 0.2) is 12.2 Å². The van der Waals surface area contributed by atoms with Gasteiger partial charge >= 0.3 is 18.1 Å². The molecule has 0 N–H and O–H groups in total. The zero-order valence-corrected chi connectivity index (χ0v) is 8.66. The van der Waals surface area contributed by atoms with Crippen molar-refractivity contribution in [3.8, 4) is 0 Å². The monoisotopic (exact) mass is 246 g/mol. The predicted octanol–water partition coefficient (Wildman–Crippen LogP) is 1.83. The molecule has 2 bridgehead atoms. The molecule has 0 radical (unpaired) electrons. The summed E-state index contributed by atoms with van der Waals surface area (Å²) in [5, 5.41) is 0. The lowest BCUT2D eigenvalue weighted by atomic mass is 9.54. The zero-order chi connectivity index (χ0) is 12.4. The number of cyclic esters (lactones) is 2. The minimum atomic E-state index is -4.53. The van der Waals surface area contributed by atoms with Crippen molar-refractivity contribution in [3.63, 3.8) is 0 Å². The van der Waals surface area contributed by atoms with Crippen LogP contribution in [0.25, 0.3) is 0 Å². The van der Waals surface area contributed by atoms with Crippen molar-refractivity contribution in [2.75, 3.05) is 0 Å². The molecule has 0 aromatic rings. The van der Waals surface area contributed by atoms with Gasteiger partial charge in [-0.1, -0.05) is 12.2 Å². The van der Waals surface area contributed by atoms with E-state index in [1.54, 1.807) is 0 Å². The quantitative estimate of drug-likeness (QED) is 0.372. The van der Waals surface area contributed by atoms with Crippen LogP contribution in [0.2, 0.25) is 0 Å². The fraction of sp³-hybridized carbons (Fsp3) is 0.636.